The van der Waals surface area contributed by atoms with Crippen molar-refractivity contribution in [2.45, 2.75) is 57.0 Å². The van der Waals surface area contributed by atoms with Crippen molar-refractivity contribution in [1.82, 2.24) is 0 Å². The van der Waals surface area contributed by atoms with Crippen LogP contribution in [0.4, 0.5) is 0 Å². The lowest BCUT2D eigenvalue weighted by Crippen LogP contribution is -2.42. The van der Waals surface area contributed by atoms with Gasteiger partial charge in [-0.15, -0.1) is 0 Å². The van der Waals surface area contributed by atoms with E-state index < -0.39 is 21.6 Å². The third kappa shape index (κ3) is 5.89. The van der Waals surface area contributed by atoms with Gasteiger partial charge in [-0.1, -0.05) is 135 Å². The largest absolute Gasteiger partial charge is 0.344 e. The summed E-state index contributed by atoms with van der Waals surface area (Å²) >= 11 is 0. The Hall–Kier alpha value is -2.34. The predicted molar refractivity (Wildman–Crippen MR) is 161 cm³/mol. The van der Waals surface area contributed by atoms with Crippen LogP contribution in [-0.4, -0.2) is 29.3 Å². The smallest absolute Gasteiger partial charge is 0.163 e. The summed E-state index contributed by atoms with van der Waals surface area (Å²) in [5.74, 6) is -0.624. The maximum absolute atomic E-state index is 6.79. The molecule has 1 heterocycles. The molecule has 0 unspecified atom stereocenters. The zero-order chi connectivity index (χ0) is 25.8. The lowest BCUT2D eigenvalue weighted by Gasteiger charge is -2.36. The molecule has 1 fully saturated rings. The first-order valence-electron chi connectivity index (χ1n) is 13.1. The Kier molecular flexibility index (Phi) is 8.23. The average Bonchev–Trinajstić information content (AvgIpc) is 3.27. The monoisotopic (exact) mass is 526 g/mol. The number of rotatable bonds is 8. The SMILES string of the molecule is C[C@H]([C@H]1OC(C)(C)O[C@@H]1[C@H](C)P(c1ccccc1)c1ccccc1)P(c1ccccc1)c1ccccc1. The maximum Gasteiger partial charge on any atom is 0.163 e. The molecule has 0 spiro atoms. The van der Waals surface area contributed by atoms with Crippen LogP contribution in [0, 0.1) is 0 Å². The molecule has 37 heavy (non-hydrogen) atoms. The van der Waals surface area contributed by atoms with Crippen LogP contribution in [-0.2, 0) is 9.47 Å². The Labute approximate surface area is 224 Å². The van der Waals surface area contributed by atoms with E-state index in [2.05, 4.69) is 149 Å². The Balaban J connectivity index is 1.55. The van der Waals surface area contributed by atoms with E-state index in [4.69, 9.17) is 9.47 Å². The van der Waals surface area contributed by atoms with Crippen LogP contribution in [0.15, 0.2) is 121 Å². The van der Waals surface area contributed by atoms with Crippen molar-refractivity contribution in [3.05, 3.63) is 121 Å². The lowest BCUT2D eigenvalue weighted by atomic mass is 10.1. The normalized spacial score (nSPS) is 20.7. The van der Waals surface area contributed by atoms with Crippen LogP contribution < -0.4 is 21.2 Å². The van der Waals surface area contributed by atoms with Crippen LogP contribution >= 0.6 is 15.8 Å². The molecule has 0 saturated carbocycles. The summed E-state index contributed by atoms with van der Waals surface area (Å²) in [6.45, 7) is 8.88. The van der Waals surface area contributed by atoms with Gasteiger partial charge in [0.1, 0.15) is 0 Å². The van der Waals surface area contributed by atoms with E-state index in [1.54, 1.807) is 0 Å². The predicted octanol–water partition coefficient (Wildman–Crippen LogP) is 6.55. The number of hydrogen-bond acceptors (Lipinski definition) is 2. The topological polar surface area (TPSA) is 18.5 Å². The van der Waals surface area contributed by atoms with Crippen LogP contribution in [0.2, 0.25) is 0 Å². The van der Waals surface area contributed by atoms with Gasteiger partial charge in [-0.2, -0.15) is 0 Å². The first-order valence-corrected chi connectivity index (χ1v) is 15.9. The van der Waals surface area contributed by atoms with Gasteiger partial charge in [0.2, 0.25) is 0 Å². The van der Waals surface area contributed by atoms with Gasteiger partial charge in [0.15, 0.2) is 5.79 Å². The maximum atomic E-state index is 6.79. The van der Waals surface area contributed by atoms with Crippen molar-refractivity contribution in [2.75, 3.05) is 0 Å². The second-order valence-corrected chi connectivity index (χ2v) is 15.3. The first-order chi connectivity index (χ1) is 17.9. The Morgan fingerprint density at radius 3 is 0.973 bits per heavy atom. The Morgan fingerprint density at radius 1 is 0.486 bits per heavy atom. The molecule has 0 amide bonds. The van der Waals surface area contributed by atoms with E-state index in [9.17, 15) is 0 Å². The summed E-state index contributed by atoms with van der Waals surface area (Å²) in [4.78, 5) is 0. The van der Waals surface area contributed by atoms with Gasteiger partial charge in [-0.3, -0.25) is 0 Å². The molecule has 0 radical (unpaired) electrons. The van der Waals surface area contributed by atoms with E-state index in [1.807, 2.05) is 0 Å². The highest BCUT2D eigenvalue weighted by atomic mass is 31.1. The van der Waals surface area contributed by atoms with E-state index in [-0.39, 0.29) is 23.5 Å². The van der Waals surface area contributed by atoms with Crippen LogP contribution in [0.25, 0.3) is 0 Å². The number of ether oxygens (including phenoxy) is 2. The fourth-order valence-electron chi connectivity index (χ4n) is 5.45. The van der Waals surface area contributed by atoms with Crippen LogP contribution in [0.5, 0.6) is 0 Å². The molecule has 0 N–H and O–H groups in total. The average molecular weight is 527 g/mol. The van der Waals surface area contributed by atoms with Gasteiger partial charge < -0.3 is 9.47 Å². The lowest BCUT2D eigenvalue weighted by molar-refractivity contribution is -0.145. The van der Waals surface area contributed by atoms with E-state index in [0.717, 1.165) is 0 Å². The van der Waals surface area contributed by atoms with Gasteiger partial charge in [-0.25, -0.2) is 0 Å². The van der Waals surface area contributed by atoms with Gasteiger partial charge >= 0.3 is 0 Å². The van der Waals surface area contributed by atoms with E-state index in [0.29, 0.717) is 0 Å². The first kappa shape index (κ1) is 26.3. The molecule has 4 aromatic carbocycles. The van der Waals surface area contributed by atoms with Gasteiger partial charge in [0, 0.05) is 11.3 Å². The molecular weight excluding hydrogens is 490 g/mol. The standard InChI is InChI=1S/C33H36O2P2/c1-25(36(27-17-9-5-10-18-27)28-19-11-6-12-20-28)31-32(35-33(3,4)34-31)26(2)37(29-21-13-7-14-22-29)30-23-15-8-16-24-30/h5-26,31-32H,1-4H3/t25-,26+,31-,32-/m1/s1. The van der Waals surface area contributed by atoms with Crippen molar-refractivity contribution in [1.29, 1.82) is 0 Å². The van der Waals surface area contributed by atoms with Crippen LogP contribution in [0.1, 0.15) is 27.7 Å². The number of hydrogen-bond donors (Lipinski definition) is 0. The van der Waals surface area contributed by atoms with Crippen molar-refractivity contribution in [3.8, 4) is 0 Å². The minimum Gasteiger partial charge on any atom is -0.344 e. The molecule has 4 aromatic rings. The molecule has 0 aliphatic carbocycles. The fourth-order valence-corrected chi connectivity index (χ4v) is 10.9. The molecule has 1 aliphatic heterocycles. The summed E-state index contributed by atoms with van der Waals surface area (Å²) in [6, 6.07) is 43.8. The highest BCUT2D eigenvalue weighted by molar-refractivity contribution is 7.74. The van der Waals surface area contributed by atoms with Crippen molar-refractivity contribution in [2.24, 2.45) is 0 Å². The second-order valence-electron chi connectivity index (χ2n) is 10.1. The summed E-state index contributed by atoms with van der Waals surface area (Å²) in [5.41, 5.74) is 0.551. The van der Waals surface area contributed by atoms with Crippen molar-refractivity contribution >= 4 is 37.1 Å². The second kappa shape index (κ2) is 11.6. The zero-order valence-corrected chi connectivity index (χ0v) is 23.9. The molecule has 190 valence electrons. The quantitative estimate of drug-likeness (QED) is 0.243. The Bertz CT molecular complexity index is 1070. The molecule has 1 saturated heterocycles. The van der Waals surface area contributed by atoms with Crippen molar-refractivity contribution < 1.29 is 9.47 Å². The molecule has 0 aromatic heterocycles. The zero-order valence-electron chi connectivity index (χ0n) is 22.1. The molecule has 4 atom stereocenters. The summed E-state index contributed by atoms with van der Waals surface area (Å²) in [5, 5.41) is 5.52. The Morgan fingerprint density at radius 2 is 0.730 bits per heavy atom. The molecule has 2 nitrogen and oxygen atoms in total. The van der Waals surface area contributed by atoms with Gasteiger partial charge in [0.05, 0.1) is 12.2 Å². The van der Waals surface area contributed by atoms with E-state index in [1.165, 1.54) is 21.2 Å². The minimum atomic E-state index is -0.642. The summed E-state index contributed by atoms with van der Waals surface area (Å²) in [7, 11) is -1.28. The fraction of sp³-hybridized carbons (Fsp3) is 0.273. The minimum absolute atomic E-state index is 0.0195. The van der Waals surface area contributed by atoms with Gasteiger partial charge in [-0.05, 0) is 50.9 Å². The molecule has 0 bridgehead atoms. The molecule has 5 rings (SSSR count). The molecular formula is C33H36O2P2. The highest BCUT2D eigenvalue weighted by Gasteiger charge is 2.49. The number of benzene rings is 4. The van der Waals surface area contributed by atoms with Crippen LogP contribution in [0.3, 0.4) is 0 Å². The third-order valence-electron chi connectivity index (χ3n) is 7.07. The third-order valence-corrected chi connectivity index (χ3v) is 12.7. The van der Waals surface area contributed by atoms with Gasteiger partial charge in [0.25, 0.3) is 0 Å². The van der Waals surface area contributed by atoms with Crippen molar-refractivity contribution in [3.63, 3.8) is 0 Å². The highest BCUT2D eigenvalue weighted by Crippen LogP contribution is 2.51. The summed E-state index contributed by atoms with van der Waals surface area (Å²) in [6.07, 6.45) is -0.0390. The summed E-state index contributed by atoms with van der Waals surface area (Å²) < 4.78 is 13.6. The van der Waals surface area contributed by atoms with E-state index >= 15 is 0 Å². The molecule has 1 aliphatic rings. The molecule has 4 heteroatoms.